The zero-order valence-electron chi connectivity index (χ0n) is 11.9. The van der Waals surface area contributed by atoms with Crippen molar-refractivity contribution in [1.82, 2.24) is 0 Å². The number of carbonyl (C=O) groups excluding carboxylic acids is 1. The van der Waals surface area contributed by atoms with Gasteiger partial charge in [0.2, 0.25) is 0 Å². The summed E-state index contributed by atoms with van der Waals surface area (Å²) in [7, 11) is -11.0. The number of aliphatic hydroxyl groups is 5. The molecule has 0 aliphatic heterocycles. The molecule has 4 unspecified atom stereocenters. The van der Waals surface area contributed by atoms with E-state index in [0.717, 1.165) is 0 Å². The van der Waals surface area contributed by atoms with E-state index in [1.807, 2.05) is 0 Å². The maximum absolute atomic E-state index is 10.5. The van der Waals surface area contributed by atoms with Gasteiger partial charge in [-0.05, 0) is 0 Å². The number of rotatable bonds is 7. The van der Waals surface area contributed by atoms with Crippen LogP contribution in [0.3, 0.4) is 0 Å². The second kappa shape index (κ2) is 17.6. The monoisotopic (exact) mass is 470 g/mol. The van der Waals surface area contributed by atoms with Crippen LogP contribution in [0.15, 0.2) is 0 Å². The molecule has 136 valence electrons. The van der Waals surface area contributed by atoms with Gasteiger partial charge in [-0.15, -0.1) is 0 Å². The first kappa shape index (κ1) is 37.3. The number of carbonyl (C=O) groups is 1. The summed E-state index contributed by atoms with van der Waals surface area (Å²) in [5, 5.41) is 43.1. The fraction of sp³-hybridized carbons (Fsp3) is 0.833. The molecule has 18 heteroatoms. The molecule has 0 heterocycles. The second-order valence-corrected chi connectivity index (χ2v) is 5.79. The van der Waals surface area contributed by atoms with Crippen LogP contribution in [0.5, 0.6) is 0 Å². The van der Waals surface area contributed by atoms with Gasteiger partial charge in [-0.3, -0.25) is 13.7 Å². The van der Waals surface area contributed by atoms with Crippen LogP contribution in [0.2, 0.25) is 0 Å². The molecule has 13 nitrogen and oxygen atoms in total. The molecule has 0 saturated carbocycles. The summed E-state index contributed by atoms with van der Waals surface area (Å²) in [4.78, 5) is 46.2. The molecule has 0 rings (SSSR count). The van der Waals surface area contributed by atoms with E-state index in [1.165, 1.54) is 0 Å². The Balaban J connectivity index is -0.0000000918. The van der Waals surface area contributed by atoms with Gasteiger partial charge in [0.25, 0.3) is 7.82 Å². The Labute approximate surface area is 201 Å². The number of halogens is 1. The maximum Gasteiger partial charge on any atom is 2.00 e. The van der Waals surface area contributed by atoms with E-state index in [2.05, 4.69) is 4.31 Å². The predicted molar refractivity (Wildman–Crippen MR) is 67.2 cm³/mol. The van der Waals surface area contributed by atoms with Crippen molar-refractivity contribution >= 4 is 96.9 Å². The van der Waals surface area contributed by atoms with E-state index in [1.54, 1.807) is 0 Å². The van der Waals surface area contributed by atoms with Gasteiger partial charge in [0, 0.05) is 0 Å². The first-order valence-corrected chi connectivity index (χ1v) is 7.76. The van der Waals surface area contributed by atoms with Crippen molar-refractivity contribution < 1.29 is 75.7 Å². The van der Waals surface area contributed by atoms with Crippen LogP contribution in [0, 0.1) is 0 Å². The van der Waals surface area contributed by atoms with Crippen LogP contribution >= 0.6 is 15.6 Å². The molecular weight excluding hydrogens is 458 g/mol. The fourth-order valence-electron chi connectivity index (χ4n) is 0.729. The molecule has 0 aromatic heterocycles. The molecule has 0 aliphatic carbocycles. The Morgan fingerprint density at radius 2 is 1.42 bits per heavy atom. The molecule has 0 amide bonds. The quantitative estimate of drug-likeness (QED) is 0.149. The molecule has 6 N–H and O–H groups in total. The molecule has 0 saturated heterocycles. The van der Waals surface area contributed by atoms with Crippen LogP contribution in [0.1, 0.15) is 0 Å². The van der Waals surface area contributed by atoms with E-state index in [4.69, 9.17) is 30.4 Å². The first-order chi connectivity index (χ1) is 9.25. The van der Waals surface area contributed by atoms with Gasteiger partial charge in [-0.25, -0.2) is 0 Å². The van der Waals surface area contributed by atoms with Crippen LogP contribution in [0.25, 0.3) is 0 Å². The zero-order chi connectivity index (χ0) is 17.4. The third-order valence-electron chi connectivity index (χ3n) is 1.59. The fourth-order valence-corrected chi connectivity index (χ4v) is 1.74. The first-order valence-electron chi connectivity index (χ1n) is 4.81. The van der Waals surface area contributed by atoms with E-state index < -0.39 is 53.0 Å². The van der Waals surface area contributed by atoms with Crippen molar-refractivity contribution in [2.45, 2.75) is 18.3 Å². The normalized spacial score (nSPS) is 16.4. The number of ketones is 1. The average molecular weight is 471 g/mol. The van der Waals surface area contributed by atoms with Crippen molar-refractivity contribution in [1.29, 1.82) is 0 Å². The minimum absolute atomic E-state index is 0. The van der Waals surface area contributed by atoms with E-state index in [0.29, 0.717) is 0 Å². The largest absolute Gasteiger partial charge is 2.00 e. The number of Topliss-reactive ketones (excluding diaryl/α,β-unsaturated/α-hetero) is 1. The maximum atomic E-state index is 10.5. The third-order valence-corrected chi connectivity index (χ3v) is 3.22. The Morgan fingerprint density at radius 1 is 1.04 bits per heavy atom. The summed E-state index contributed by atoms with van der Waals surface area (Å²) >= 11 is 0. The zero-order valence-corrected chi connectivity index (χ0v) is 18.8. The van der Waals surface area contributed by atoms with Crippen LogP contribution in [0.4, 0.5) is 0 Å². The Morgan fingerprint density at radius 3 is 1.58 bits per heavy atom. The molecule has 0 aromatic rings. The van der Waals surface area contributed by atoms with Crippen molar-refractivity contribution in [3.8, 4) is 0 Å². The minimum Gasteiger partial charge on any atom is -1.00 e. The molecule has 0 fully saturated rings. The molecule has 0 aromatic carbocycles. The summed E-state index contributed by atoms with van der Waals surface area (Å²) in [6.45, 7) is -1.69. The molecule has 4 atom stereocenters. The van der Waals surface area contributed by atoms with Gasteiger partial charge in [-0.2, -0.15) is 0 Å². The minimum atomic E-state index is -5.61. The molecule has 0 spiro atoms. The number of hydrogen-bond acceptors (Lipinski definition) is 12. The number of phosphoric acid groups is 2. The molecule has 24 heavy (non-hydrogen) atoms. The molecule has 0 aliphatic rings. The van der Waals surface area contributed by atoms with Gasteiger partial charge in [0.1, 0.15) is 24.9 Å². The van der Waals surface area contributed by atoms with Gasteiger partial charge < -0.3 is 62.1 Å². The van der Waals surface area contributed by atoms with Gasteiger partial charge in [-0.1, -0.05) is 0 Å². The van der Waals surface area contributed by atoms with Crippen LogP contribution in [-0.4, -0.2) is 143 Å². The number of aliphatic hydroxyl groups excluding tert-OH is 5. The Bertz CT molecular complexity index is 393. The van der Waals surface area contributed by atoms with Crippen molar-refractivity contribution in [3.05, 3.63) is 0 Å². The van der Waals surface area contributed by atoms with E-state index >= 15 is 0 Å². The smallest absolute Gasteiger partial charge is 1.00 e. The second-order valence-electron chi connectivity index (χ2n) is 3.31. The predicted octanol–water partition coefficient (Wildman–Crippen LogP) is -9.84. The van der Waals surface area contributed by atoms with Crippen molar-refractivity contribution in [2.24, 2.45) is 0 Å². The van der Waals surface area contributed by atoms with Gasteiger partial charge >= 0.3 is 75.5 Å². The Kier molecular flexibility index (Phi) is 27.4. The topological polar surface area (TPSA) is 251 Å². The standard InChI is InChI=1S/C6H12O6.2Ca.ClH.H4O7P2/c7-1-3(9)5(11)6(12)4(10)2-8;;;;1-8(2,3)7-9(4,5)6/h3,5-9,11-12H,1-2H2;;;1H;(H2,1,2,3)(H2,4,5,6)/q;2*+2;;/p-4. The molecule has 0 radical (unpaired) electrons. The van der Waals surface area contributed by atoms with E-state index in [-0.39, 0.29) is 87.9 Å². The summed E-state index contributed by atoms with van der Waals surface area (Å²) in [5.41, 5.74) is 0. The van der Waals surface area contributed by atoms with Gasteiger partial charge in [0.15, 0.2) is 5.78 Å². The summed E-state index contributed by atoms with van der Waals surface area (Å²) < 4.78 is 21.4. The summed E-state index contributed by atoms with van der Waals surface area (Å²) in [6, 6.07) is 0. The van der Waals surface area contributed by atoms with Crippen LogP contribution in [-0.2, 0) is 18.2 Å². The average Bonchev–Trinajstić information content (AvgIpc) is 2.31. The Hall–Kier alpha value is 2.54. The van der Waals surface area contributed by atoms with Gasteiger partial charge in [0.05, 0.1) is 14.4 Å². The van der Waals surface area contributed by atoms with Crippen molar-refractivity contribution in [2.75, 3.05) is 13.2 Å². The molecular formula is C6H13Ca2ClO13P2. The SMILES string of the molecule is O=C(CO)C(O)C(O)C(O)CO.O=P([O-])([O-])OP(=O)([O-])O.[Ca+2].[Ca+2].[Cl-]. The molecule has 0 bridgehead atoms. The summed E-state index contributed by atoms with van der Waals surface area (Å²) in [6.07, 6.45) is -5.22. The van der Waals surface area contributed by atoms with E-state index in [9.17, 15) is 28.6 Å². The number of hydrogen-bond donors (Lipinski definition) is 6. The van der Waals surface area contributed by atoms with Crippen LogP contribution < -0.4 is 27.1 Å². The summed E-state index contributed by atoms with van der Waals surface area (Å²) in [5.74, 6) is -1.00. The third kappa shape index (κ3) is 22.6. The van der Waals surface area contributed by atoms with Crippen molar-refractivity contribution in [3.63, 3.8) is 0 Å².